The van der Waals surface area contributed by atoms with Gasteiger partial charge in [0.2, 0.25) is 0 Å². The first-order valence-corrected chi connectivity index (χ1v) is 8.85. The molecule has 6 nitrogen and oxygen atoms in total. The van der Waals surface area contributed by atoms with Crippen molar-refractivity contribution in [2.75, 3.05) is 19.6 Å². The number of aromatic hydroxyl groups is 1. The van der Waals surface area contributed by atoms with Crippen molar-refractivity contribution in [3.05, 3.63) is 42.2 Å². The van der Waals surface area contributed by atoms with Crippen LogP contribution in [0.3, 0.4) is 0 Å². The molecule has 3 rings (SSSR count). The van der Waals surface area contributed by atoms with Crippen molar-refractivity contribution in [3.8, 4) is 11.4 Å². The SMILES string of the molecule is CC(C)(CNC(=O)c1nn(-c2ccccc2)cc1O)N1CCCCC1. The third-order valence-electron chi connectivity index (χ3n) is 4.82. The highest BCUT2D eigenvalue weighted by molar-refractivity contribution is 5.94. The molecule has 0 unspecified atom stereocenters. The summed E-state index contributed by atoms with van der Waals surface area (Å²) in [6.45, 7) is 6.93. The number of nitrogens with zero attached hydrogens (tertiary/aromatic N) is 3. The number of amides is 1. The normalized spacial score (nSPS) is 15.9. The van der Waals surface area contributed by atoms with Crippen LogP contribution in [0, 0.1) is 0 Å². The molecule has 0 radical (unpaired) electrons. The lowest BCUT2D eigenvalue weighted by Crippen LogP contribution is -2.53. The Hall–Kier alpha value is -2.34. The first-order chi connectivity index (χ1) is 12.0. The molecule has 0 bridgehead atoms. The quantitative estimate of drug-likeness (QED) is 0.876. The topological polar surface area (TPSA) is 70.4 Å². The van der Waals surface area contributed by atoms with Gasteiger partial charge in [0.15, 0.2) is 11.4 Å². The lowest BCUT2D eigenvalue weighted by atomic mass is 9.98. The molecule has 1 aliphatic heterocycles. The van der Waals surface area contributed by atoms with Crippen molar-refractivity contribution in [1.29, 1.82) is 0 Å². The van der Waals surface area contributed by atoms with Crippen LogP contribution in [-0.4, -0.2) is 50.9 Å². The van der Waals surface area contributed by atoms with E-state index in [9.17, 15) is 9.90 Å². The van der Waals surface area contributed by atoms with Crippen LogP contribution in [0.4, 0.5) is 0 Å². The molecule has 2 heterocycles. The first-order valence-electron chi connectivity index (χ1n) is 8.85. The summed E-state index contributed by atoms with van der Waals surface area (Å²) in [5.41, 5.74) is 0.733. The van der Waals surface area contributed by atoms with Gasteiger partial charge in [-0.25, -0.2) is 4.68 Å². The number of benzene rings is 1. The molecule has 0 atom stereocenters. The Morgan fingerprint density at radius 1 is 1.20 bits per heavy atom. The van der Waals surface area contributed by atoms with Gasteiger partial charge < -0.3 is 10.4 Å². The van der Waals surface area contributed by atoms with Gasteiger partial charge in [-0.2, -0.15) is 5.10 Å². The zero-order chi connectivity index (χ0) is 17.9. The molecular formula is C19H26N4O2. The van der Waals surface area contributed by atoms with Crippen LogP contribution in [0.25, 0.3) is 5.69 Å². The molecule has 1 aromatic heterocycles. The Morgan fingerprint density at radius 3 is 2.56 bits per heavy atom. The van der Waals surface area contributed by atoms with Crippen molar-refractivity contribution >= 4 is 5.91 Å². The Morgan fingerprint density at radius 2 is 1.88 bits per heavy atom. The molecule has 1 saturated heterocycles. The standard InChI is InChI=1S/C19H26N4O2/c1-19(2,22-11-7-4-8-12-22)14-20-18(25)17-16(24)13-23(21-17)15-9-5-3-6-10-15/h3,5-6,9-10,13,24H,4,7-8,11-12,14H2,1-2H3,(H,20,25). The summed E-state index contributed by atoms with van der Waals surface area (Å²) in [5, 5.41) is 17.2. The molecule has 1 aromatic carbocycles. The molecule has 134 valence electrons. The maximum Gasteiger partial charge on any atom is 0.275 e. The number of likely N-dealkylation sites (tertiary alicyclic amines) is 1. The minimum atomic E-state index is -0.350. The highest BCUT2D eigenvalue weighted by Gasteiger charge is 2.29. The molecule has 2 aromatic rings. The van der Waals surface area contributed by atoms with Crippen LogP contribution in [0.1, 0.15) is 43.6 Å². The smallest absolute Gasteiger partial charge is 0.275 e. The lowest BCUT2D eigenvalue weighted by Gasteiger charge is -2.41. The minimum Gasteiger partial charge on any atom is -0.504 e. The fraction of sp³-hybridized carbons (Fsp3) is 0.474. The number of nitrogens with one attached hydrogen (secondary N) is 1. The average molecular weight is 342 g/mol. The summed E-state index contributed by atoms with van der Waals surface area (Å²) in [7, 11) is 0. The Balaban J connectivity index is 1.66. The largest absolute Gasteiger partial charge is 0.504 e. The molecule has 1 aliphatic rings. The molecule has 0 aliphatic carbocycles. The third-order valence-corrected chi connectivity index (χ3v) is 4.82. The number of carbonyl (C=O) groups is 1. The predicted octanol–water partition coefficient (Wildman–Crippen LogP) is 2.57. The van der Waals surface area contributed by atoms with Crippen LogP contribution >= 0.6 is 0 Å². The second kappa shape index (κ2) is 7.27. The van der Waals surface area contributed by atoms with E-state index < -0.39 is 0 Å². The van der Waals surface area contributed by atoms with Crippen molar-refractivity contribution in [3.63, 3.8) is 0 Å². The van der Waals surface area contributed by atoms with Crippen LogP contribution in [0.15, 0.2) is 36.5 Å². The maximum absolute atomic E-state index is 12.5. The van der Waals surface area contributed by atoms with Crippen LogP contribution in [-0.2, 0) is 0 Å². The zero-order valence-electron chi connectivity index (χ0n) is 14.9. The molecule has 6 heteroatoms. The number of rotatable bonds is 5. The van der Waals surface area contributed by atoms with E-state index in [2.05, 4.69) is 29.2 Å². The van der Waals surface area contributed by atoms with E-state index in [4.69, 9.17) is 0 Å². The molecule has 1 fully saturated rings. The fourth-order valence-electron chi connectivity index (χ4n) is 3.23. The molecule has 0 spiro atoms. The summed E-state index contributed by atoms with van der Waals surface area (Å²) >= 11 is 0. The molecule has 1 amide bonds. The van der Waals surface area contributed by atoms with E-state index in [0.29, 0.717) is 6.54 Å². The summed E-state index contributed by atoms with van der Waals surface area (Å²) in [6.07, 6.45) is 5.16. The second-order valence-corrected chi connectivity index (χ2v) is 7.19. The number of hydrogen-bond donors (Lipinski definition) is 2. The van der Waals surface area contributed by atoms with E-state index in [-0.39, 0.29) is 22.9 Å². The minimum absolute atomic E-state index is 0.0540. The fourth-order valence-corrected chi connectivity index (χ4v) is 3.23. The Kier molecular flexibility index (Phi) is 5.08. The number of carbonyl (C=O) groups excluding carboxylic acids is 1. The van der Waals surface area contributed by atoms with Crippen molar-refractivity contribution in [1.82, 2.24) is 20.0 Å². The zero-order valence-corrected chi connectivity index (χ0v) is 14.9. The third kappa shape index (κ3) is 4.02. The number of piperidine rings is 1. The van der Waals surface area contributed by atoms with Crippen molar-refractivity contribution in [2.45, 2.75) is 38.6 Å². The highest BCUT2D eigenvalue weighted by Crippen LogP contribution is 2.21. The molecule has 2 N–H and O–H groups in total. The van der Waals surface area contributed by atoms with Gasteiger partial charge in [0.05, 0.1) is 11.9 Å². The second-order valence-electron chi connectivity index (χ2n) is 7.19. The van der Waals surface area contributed by atoms with E-state index >= 15 is 0 Å². The van der Waals surface area contributed by atoms with Crippen molar-refractivity contribution in [2.24, 2.45) is 0 Å². The highest BCUT2D eigenvalue weighted by atomic mass is 16.3. The predicted molar refractivity (Wildman–Crippen MR) is 97.1 cm³/mol. The maximum atomic E-state index is 12.5. The van der Waals surface area contributed by atoms with Crippen LogP contribution in [0.2, 0.25) is 0 Å². The van der Waals surface area contributed by atoms with Crippen LogP contribution < -0.4 is 5.32 Å². The van der Waals surface area contributed by atoms with E-state index in [1.165, 1.54) is 30.1 Å². The van der Waals surface area contributed by atoms with Gasteiger partial charge >= 0.3 is 0 Å². The van der Waals surface area contributed by atoms with E-state index in [1.54, 1.807) is 0 Å². The molecular weight excluding hydrogens is 316 g/mol. The van der Waals surface area contributed by atoms with Crippen molar-refractivity contribution < 1.29 is 9.90 Å². The van der Waals surface area contributed by atoms with Gasteiger partial charge in [0.25, 0.3) is 5.91 Å². The molecule has 0 saturated carbocycles. The Bertz CT molecular complexity index is 718. The summed E-state index contributed by atoms with van der Waals surface area (Å²) in [5.74, 6) is -0.464. The van der Waals surface area contributed by atoms with Gasteiger partial charge in [-0.15, -0.1) is 0 Å². The van der Waals surface area contributed by atoms with Gasteiger partial charge in [-0.1, -0.05) is 24.6 Å². The van der Waals surface area contributed by atoms with E-state index in [1.807, 2.05) is 30.3 Å². The van der Waals surface area contributed by atoms with Gasteiger partial charge in [0, 0.05) is 12.1 Å². The number of para-hydroxylation sites is 1. The first kappa shape index (κ1) is 17.5. The molecule has 25 heavy (non-hydrogen) atoms. The van der Waals surface area contributed by atoms with Gasteiger partial charge in [-0.3, -0.25) is 9.69 Å². The van der Waals surface area contributed by atoms with Crippen LogP contribution in [0.5, 0.6) is 5.75 Å². The average Bonchev–Trinajstić information content (AvgIpc) is 3.03. The number of hydrogen-bond acceptors (Lipinski definition) is 4. The Labute approximate surface area is 148 Å². The summed E-state index contributed by atoms with van der Waals surface area (Å²) in [6, 6.07) is 9.41. The summed E-state index contributed by atoms with van der Waals surface area (Å²) in [4.78, 5) is 14.9. The van der Waals surface area contributed by atoms with Gasteiger partial charge in [-0.05, 0) is 51.9 Å². The lowest BCUT2D eigenvalue weighted by molar-refractivity contribution is 0.0792. The number of aromatic nitrogens is 2. The monoisotopic (exact) mass is 342 g/mol. The van der Waals surface area contributed by atoms with Gasteiger partial charge in [0.1, 0.15) is 0 Å². The summed E-state index contributed by atoms with van der Waals surface area (Å²) < 4.78 is 1.51. The van der Waals surface area contributed by atoms with E-state index in [0.717, 1.165) is 18.8 Å².